The first-order valence-electron chi connectivity index (χ1n) is 8.48. The van der Waals surface area contributed by atoms with E-state index in [4.69, 9.17) is 21.1 Å². The Labute approximate surface area is 163 Å². The van der Waals surface area contributed by atoms with Crippen LogP contribution in [0.4, 0.5) is 0 Å². The summed E-state index contributed by atoms with van der Waals surface area (Å²) in [6.07, 6.45) is 0.766. The van der Waals surface area contributed by atoms with Gasteiger partial charge in [0.05, 0.1) is 17.9 Å². The lowest BCUT2D eigenvalue weighted by Crippen LogP contribution is -2.25. The Balaban J connectivity index is 1.82. The van der Waals surface area contributed by atoms with Gasteiger partial charge in [0.1, 0.15) is 5.75 Å². The van der Waals surface area contributed by atoms with Crippen molar-refractivity contribution >= 4 is 29.2 Å². The molecule has 27 heavy (non-hydrogen) atoms. The molecule has 2 aromatic rings. The van der Waals surface area contributed by atoms with Crippen molar-refractivity contribution in [2.24, 2.45) is 5.10 Å². The van der Waals surface area contributed by atoms with E-state index in [2.05, 4.69) is 10.5 Å². The molecule has 2 rings (SSSR count). The summed E-state index contributed by atoms with van der Waals surface area (Å²) < 4.78 is 10.4. The molecule has 0 atom stereocenters. The number of nitrogens with one attached hydrogen (secondary N) is 1. The van der Waals surface area contributed by atoms with Crippen molar-refractivity contribution in [3.8, 4) is 5.75 Å². The smallest absolute Gasteiger partial charge is 0.338 e. The highest BCUT2D eigenvalue weighted by Gasteiger charge is 2.08. The normalized spacial score (nSPS) is 11.0. The molecule has 0 aliphatic rings. The van der Waals surface area contributed by atoms with Crippen LogP contribution in [0.2, 0.25) is 5.02 Å². The summed E-state index contributed by atoms with van der Waals surface area (Å²) in [7, 11) is 0. The monoisotopic (exact) mass is 388 g/mol. The van der Waals surface area contributed by atoms with Crippen molar-refractivity contribution in [3.05, 3.63) is 64.7 Å². The molecular weight excluding hydrogens is 368 g/mol. The van der Waals surface area contributed by atoms with Crippen LogP contribution >= 0.6 is 11.6 Å². The minimum atomic E-state index is -0.394. The van der Waals surface area contributed by atoms with E-state index in [-0.39, 0.29) is 12.6 Å². The highest BCUT2D eigenvalue weighted by Crippen LogP contribution is 2.13. The van der Waals surface area contributed by atoms with Gasteiger partial charge in [-0.15, -0.1) is 0 Å². The van der Waals surface area contributed by atoms with E-state index >= 15 is 0 Å². The van der Waals surface area contributed by atoms with E-state index in [0.717, 1.165) is 12.0 Å². The lowest BCUT2D eigenvalue weighted by molar-refractivity contribution is -0.123. The molecule has 2 aromatic carbocycles. The van der Waals surface area contributed by atoms with E-state index < -0.39 is 5.91 Å². The summed E-state index contributed by atoms with van der Waals surface area (Å²) in [4.78, 5) is 23.6. The van der Waals surface area contributed by atoms with Crippen LogP contribution in [-0.4, -0.2) is 30.8 Å². The lowest BCUT2D eigenvalue weighted by atomic mass is 10.1. The number of ether oxygens (including phenoxy) is 2. The third-order valence-corrected chi connectivity index (χ3v) is 3.76. The van der Waals surface area contributed by atoms with Crippen LogP contribution in [0.25, 0.3) is 0 Å². The molecule has 0 aromatic heterocycles. The number of hydrogen-bond donors (Lipinski definition) is 1. The molecule has 0 bridgehead atoms. The molecule has 0 saturated heterocycles. The van der Waals surface area contributed by atoms with Gasteiger partial charge >= 0.3 is 5.97 Å². The van der Waals surface area contributed by atoms with E-state index in [1.807, 2.05) is 19.1 Å². The number of amides is 1. The van der Waals surface area contributed by atoms with Crippen molar-refractivity contribution < 1.29 is 19.1 Å². The zero-order valence-electron chi connectivity index (χ0n) is 15.2. The molecule has 6 nitrogen and oxygen atoms in total. The lowest BCUT2D eigenvalue weighted by Gasteiger charge is -2.07. The molecule has 7 heteroatoms. The minimum absolute atomic E-state index is 0.197. The van der Waals surface area contributed by atoms with E-state index in [0.29, 0.717) is 28.7 Å². The number of hydrazone groups is 1. The SMILES string of the molecule is CCCOC(=O)c1ccc(OCC(=O)NN=C(C)c2ccc(Cl)cc2)cc1. The fourth-order valence-corrected chi connectivity index (χ4v) is 2.17. The number of esters is 1. The van der Waals surface area contributed by atoms with Crippen LogP contribution in [-0.2, 0) is 9.53 Å². The molecule has 0 fully saturated rings. The second kappa shape index (κ2) is 10.3. The molecule has 0 saturated carbocycles. The molecule has 0 aliphatic heterocycles. The Morgan fingerprint density at radius 1 is 1.04 bits per heavy atom. The van der Waals surface area contributed by atoms with Gasteiger partial charge in [0.25, 0.3) is 5.91 Å². The van der Waals surface area contributed by atoms with E-state index in [1.165, 1.54) is 0 Å². The van der Waals surface area contributed by atoms with Crippen molar-refractivity contribution in [2.45, 2.75) is 20.3 Å². The van der Waals surface area contributed by atoms with Crippen molar-refractivity contribution in [1.29, 1.82) is 0 Å². The highest BCUT2D eigenvalue weighted by molar-refractivity contribution is 6.30. The molecule has 142 valence electrons. The molecule has 0 unspecified atom stereocenters. The van der Waals surface area contributed by atoms with E-state index in [1.54, 1.807) is 43.3 Å². The van der Waals surface area contributed by atoms with Gasteiger partial charge in [0.2, 0.25) is 0 Å². The maximum absolute atomic E-state index is 11.9. The van der Waals surface area contributed by atoms with Crippen LogP contribution < -0.4 is 10.2 Å². The van der Waals surface area contributed by atoms with Gasteiger partial charge in [0, 0.05) is 5.02 Å². The van der Waals surface area contributed by atoms with E-state index in [9.17, 15) is 9.59 Å². The number of carbonyl (C=O) groups excluding carboxylic acids is 2. The van der Waals surface area contributed by atoms with Crippen LogP contribution in [0.1, 0.15) is 36.2 Å². The van der Waals surface area contributed by atoms with Crippen molar-refractivity contribution in [1.82, 2.24) is 5.43 Å². The Bertz CT molecular complexity index is 802. The zero-order valence-corrected chi connectivity index (χ0v) is 16.0. The predicted octanol–water partition coefficient (Wildman–Crippen LogP) is 3.83. The van der Waals surface area contributed by atoms with Crippen molar-refractivity contribution in [2.75, 3.05) is 13.2 Å². The van der Waals surface area contributed by atoms with Crippen LogP contribution in [0, 0.1) is 0 Å². The van der Waals surface area contributed by atoms with Crippen LogP contribution in [0.15, 0.2) is 53.6 Å². The molecular formula is C20H21ClN2O4. The summed E-state index contributed by atoms with van der Waals surface area (Å²) in [5, 5.41) is 4.67. The number of nitrogens with zero attached hydrogens (tertiary/aromatic N) is 1. The summed E-state index contributed by atoms with van der Waals surface area (Å²) in [5.41, 5.74) is 4.37. The predicted molar refractivity (Wildman–Crippen MR) is 104 cm³/mol. The standard InChI is InChI=1S/C20H21ClN2O4/c1-3-12-26-20(25)16-6-10-18(11-7-16)27-13-19(24)23-22-14(2)15-4-8-17(21)9-5-15/h4-11H,3,12-13H2,1-2H3,(H,23,24). The second-order valence-corrected chi connectivity index (χ2v) is 6.12. The Morgan fingerprint density at radius 2 is 1.67 bits per heavy atom. The molecule has 1 amide bonds. The van der Waals surface area contributed by atoms with Crippen LogP contribution in [0.3, 0.4) is 0 Å². The number of carbonyl (C=O) groups is 2. The summed E-state index contributed by atoms with van der Waals surface area (Å²) in [6.45, 7) is 3.89. The number of rotatable bonds is 8. The topological polar surface area (TPSA) is 77.0 Å². The number of hydrogen-bond acceptors (Lipinski definition) is 5. The fourth-order valence-electron chi connectivity index (χ4n) is 2.05. The van der Waals surface area contributed by atoms with Gasteiger partial charge in [0.15, 0.2) is 6.61 Å². The summed E-state index contributed by atoms with van der Waals surface area (Å²) >= 11 is 5.84. The quantitative estimate of drug-likeness (QED) is 0.423. The maximum Gasteiger partial charge on any atom is 0.338 e. The Morgan fingerprint density at radius 3 is 2.30 bits per heavy atom. The molecule has 1 N–H and O–H groups in total. The average molecular weight is 389 g/mol. The largest absolute Gasteiger partial charge is 0.484 e. The first kappa shape index (κ1) is 20.5. The van der Waals surface area contributed by atoms with Gasteiger partial charge in [-0.25, -0.2) is 10.2 Å². The first-order chi connectivity index (χ1) is 13.0. The second-order valence-electron chi connectivity index (χ2n) is 5.69. The van der Waals surface area contributed by atoms with Crippen molar-refractivity contribution in [3.63, 3.8) is 0 Å². The highest BCUT2D eigenvalue weighted by atomic mass is 35.5. The average Bonchev–Trinajstić information content (AvgIpc) is 2.69. The first-order valence-corrected chi connectivity index (χ1v) is 8.86. The third-order valence-electron chi connectivity index (χ3n) is 3.51. The number of benzene rings is 2. The number of halogens is 1. The third kappa shape index (κ3) is 6.75. The molecule has 0 aliphatic carbocycles. The van der Waals surface area contributed by atoms with Crippen LogP contribution in [0.5, 0.6) is 5.75 Å². The van der Waals surface area contributed by atoms with Gasteiger partial charge in [-0.05, 0) is 55.3 Å². The van der Waals surface area contributed by atoms with Gasteiger partial charge in [-0.1, -0.05) is 30.7 Å². The minimum Gasteiger partial charge on any atom is -0.484 e. The summed E-state index contributed by atoms with van der Waals surface area (Å²) in [6, 6.07) is 13.5. The molecule has 0 spiro atoms. The van der Waals surface area contributed by atoms with Gasteiger partial charge < -0.3 is 9.47 Å². The molecule has 0 heterocycles. The zero-order chi connectivity index (χ0) is 19.6. The Hall–Kier alpha value is -2.86. The Kier molecular flexibility index (Phi) is 7.82. The summed E-state index contributed by atoms with van der Waals surface area (Å²) in [5.74, 6) is -0.307. The fraction of sp³-hybridized carbons (Fsp3) is 0.250. The maximum atomic E-state index is 11.9. The van der Waals surface area contributed by atoms with Gasteiger partial charge in [-0.2, -0.15) is 5.10 Å². The molecule has 0 radical (unpaired) electrons. The van der Waals surface area contributed by atoms with Gasteiger partial charge in [-0.3, -0.25) is 4.79 Å².